The lowest BCUT2D eigenvalue weighted by Crippen LogP contribution is -2.38. The molecule has 3 nitrogen and oxygen atoms in total. The molecule has 0 saturated carbocycles. The molecule has 1 aromatic carbocycles. The van der Waals surface area contributed by atoms with E-state index >= 15 is 0 Å². The van der Waals surface area contributed by atoms with E-state index in [1.807, 2.05) is 6.07 Å². The Morgan fingerprint density at radius 2 is 2.31 bits per heavy atom. The van der Waals surface area contributed by atoms with Crippen molar-refractivity contribution in [2.24, 2.45) is 5.73 Å². The topological polar surface area (TPSA) is 47.3 Å². The number of ether oxygens (including phenoxy) is 1. The van der Waals surface area contributed by atoms with Crippen LogP contribution in [0.4, 0.5) is 4.39 Å². The van der Waals surface area contributed by atoms with Crippen LogP contribution in [0.5, 0.6) is 5.75 Å². The van der Waals surface area contributed by atoms with Crippen LogP contribution in [0.2, 0.25) is 0 Å². The van der Waals surface area contributed by atoms with Crippen LogP contribution in [0.15, 0.2) is 18.2 Å². The molecule has 1 aromatic rings. The van der Waals surface area contributed by atoms with Gasteiger partial charge in [-0.3, -0.25) is 0 Å². The van der Waals surface area contributed by atoms with Crippen molar-refractivity contribution in [2.45, 2.75) is 24.9 Å². The average Bonchev–Trinajstić information content (AvgIpc) is 2.29. The maximum atomic E-state index is 13.5. The van der Waals surface area contributed by atoms with Crippen LogP contribution in [0, 0.1) is 5.82 Å². The largest absolute Gasteiger partial charge is 0.494 e. The van der Waals surface area contributed by atoms with Crippen molar-refractivity contribution in [2.75, 3.05) is 13.7 Å². The standard InChI is InChI=1S/C12H17FN2O/c1-16-12-3-2-8(6-10(12)13)11-7-9(14)4-5-15-11/h2-3,6,9,11,15H,4-5,7,14H2,1H3. The van der Waals surface area contributed by atoms with E-state index in [1.165, 1.54) is 13.2 Å². The Hall–Kier alpha value is -1.13. The van der Waals surface area contributed by atoms with E-state index in [-0.39, 0.29) is 23.7 Å². The summed E-state index contributed by atoms with van der Waals surface area (Å²) in [5.74, 6) is -0.0372. The number of nitrogens with one attached hydrogen (secondary N) is 1. The number of hydrogen-bond acceptors (Lipinski definition) is 3. The summed E-state index contributed by atoms with van der Waals surface area (Å²) in [5, 5.41) is 3.34. The third-order valence-corrected chi connectivity index (χ3v) is 3.02. The van der Waals surface area contributed by atoms with E-state index in [2.05, 4.69) is 5.32 Å². The zero-order chi connectivity index (χ0) is 11.5. The molecule has 1 heterocycles. The molecule has 2 unspecified atom stereocenters. The van der Waals surface area contributed by atoms with Crippen molar-refractivity contribution in [3.63, 3.8) is 0 Å². The molecule has 2 atom stereocenters. The van der Waals surface area contributed by atoms with Gasteiger partial charge in [-0.25, -0.2) is 4.39 Å². The lowest BCUT2D eigenvalue weighted by atomic mass is 9.94. The van der Waals surface area contributed by atoms with Crippen molar-refractivity contribution >= 4 is 0 Å². The van der Waals surface area contributed by atoms with Gasteiger partial charge in [0, 0.05) is 12.1 Å². The van der Waals surface area contributed by atoms with Crippen LogP contribution in [0.1, 0.15) is 24.4 Å². The van der Waals surface area contributed by atoms with E-state index in [1.54, 1.807) is 6.07 Å². The van der Waals surface area contributed by atoms with E-state index in [0.717, 1.165) is 24.9 Å². The molecule has 0 radical (unpaired) electrons. The Kier molecular flexibility index (Phi) is 3.41. The zero-order valence-corrected chi connectivity index (χ0v) is 9.37. The minimum Gasteiger partial charge on any atom is -0.494 e. The van der Waals surface area contributed by atoms with Gasteiger partial charge in [-0.1, -0.05) is 6.07 Å². The maximum Gasteiger partial charge on any atom is 0.165 e. The monoisotopic (exact) mass is 224 g/mol. The van der Waals surface area contributed by atoms with Gasteiger partial charge in [0.1, 0.15) is 0 Å². The Labute approximate surface area is 94.8 Å². The second kappa shape index (κ2) is 4.80. The number of piperidine rings is 1. The van der Waals surface area contributed by atoms with Crippen LogP contribution < -0.4 is 15.8 Å². The predicted octanol–water partition coefficient (Wildman–Crippen LogP) is 1.59. The first-order valence-corrected chi connectivity index (χ1v) is 5.53. The Morgan fingerprint density at radius 3 is 2.94 bits per heavy atom. The number of nitrogens with two attached hydrogens (primary N) is 1. The lowest BCUT2D eigenvalue weighted by Gasteiger charge is -2.28. The molecular formula is C12H17FN2O. The van der Waals surface area contributed by atoms with Gasteiger partial charge in [0.25, 0.3) is 0 Å². The van der Waals surface area contributed by atoms with Gasteiger partial charge in [-0.15, -0.1) is 0 Å². The van der Waals surface area contributed by atoms with E-state index < -0.39 is 0 Å². The quantitative estimate of drug-likeness (QED) is 0.802. The highest BCUT2D eigenvalue weighted by molar-refractivity contribution is 5.31. The first kappa shape index (κ1) is 11.4. The van der Waals surface area contributed by atoms with Gasteiger partial charge < -0.3 is 15.8 Å². The summed E-state index contributed by atoms with van der Waals surface area (Å²) < 4.78 is 18.4. The van der Waals surface area contributed by atoms with Crippen LogP contribution in [-0.4, -0.2) is 19.7 Å². The first-order valence-electron chi connectivity index (χ1n) is 5.53. The van der Waals surface area contributed by atoms with Gasteiger partial charge in [-0.05, 0) is 37.1 Å². The summed E-state index contributed by atoms with van der Waals surface area (Å²) in [7, 11) is 1.47. The average molecular weight is 224 g/mol. The Morgan fingerprint density at radius 1 is 1.50 bits per heavy atom. The molecule has 0 aliphatic carbocycles. The molecule has 1 aliphatic rings. The summed E-state index contributed by atoms with van der Waals surface area (Å²) in [4.78, 5) is 0. The smallest absolute Gasteiger partial charge is 0.165 e. The molecule has 2 rings (SSSR count). The zero-order valence-electron chi connectivity index (χ0n) is 9.37. The number of rotatable bonds is 2. The predicted molar refractivity (Wildman–Crippen MR) is 60.9 cm³/mol. The maximum absolute atomic E-state index is 13.5. The minimum absolute atomic E-state index is 0.157. The molecule has 0 bridgehead atoms. The molecule has 3 N–H and O–H groups in total. The summed E-state index contributed by atoms with van der Waals surface area (Å²) in [6.45, 7) is 0.888. The first-order chi connectivity index (χ1) is 7.70. The molecule has 0 spiro atoms. The van der Waals surface area contributed by atoms with Gasteiger partial charge in [0.2, 0.25) is 0 Å². The van der Waals surface area contributed by atoms with Crippen LogP contribution in [0.25, 0.3) is 0 Å². The molecule has 4 heteroatoms. The summed E-state index contributed by atoms with van der Waals surface area (Å²) in [5.41, 5.74) is 6.84. The number of benzene rings is 1. The fourth-order valence-electron chi connectivity index (χ4n) is 2.10. The molecule has 1 saturated heterocycles. The van der Waals surface area contributed by atoms with Gasteiger partial charge in [0.15, 0.2) is 11.6 Å². The molecule has 1 aliphatic heterocycles. The van der Waals surface area contributed by atoms with E-state index in [4.69, 9.17) is 10.5 Å². The lowest BCUT2D eigenvalue weighted by molar-refractivity contribution is 0.364. The summed E-state index contributed by atoms with van der Waals surface area (Å²) >= 11 is 0. The number of methoxy groups -OCH3 is 1. The van der Waals surface area contributed by atoms with Crippen molar-refractivity contribution in [1.82, 2.24) is 5.32 Å². The highest BCUT2D eigenvalue weighted by atomic mass is 19.1. The Bertz CT molecular complexity index is 370. The minimum atomic E-state index is -0.319. The highest BCUT2D eigenvalue weighted by Crippen LogP contribution is 2.26. The molecule has 0 aromatic heterocycles. The second-order valence-electron chi connectivity index (χ2n) is 4.19. The van der Waals surface area contributed by atoms with Crippen molar-refractivity contribution in [3.8, 4) is 5.75 Å². The number of hydrogen-bond donors (Lipinski definition) is 2. The molecule has 0 amide bonds. The fourth-order valence-corrected chi connectivity index (χ4v) is 2.10. The normalized spacial score (nSPS) is 25.4. The Balaban J connectivity index is 2.17. The SMILES string of the molecule is COc1ccc(C2CC(N)CCN2)cc1F. The molecule has 1 fully saturated rings. The molecular weight excluding hydrogens is 207 g/mol. The van der Waals surface area contributed by atoms with Gasteiger partial charge >= 0.3 is 0 Å². The second-order valence-corrected chi connectivity index (χ2v) is 4.19. The van der Waals surface area contributed by atoms with E-state index in [9.17, 15) is 4.39 Å². The van der Waals surface area contributed by atoms with Gasteiger partial charge in [-0.2, -0.15) is 0 Å². The summed E-state index contributed by atoms with van der Waals surface area (Å²) in [6.07, 6.45) is 1.83. The third kappa shape index (κ3) is 2.33. The van der Waals surface area contributed by atoms with E-state index in [0.29, 0.717) is 0 Å². The van der Waals surface area contributed by atoms with Gasteiger partial charge in [0.05, 0.1) is 7.11 Å². The summed E-state index contributed by atoms with van der Waals surface area (Å²) in [6, 6.07) is 5.43. The van der Waals surface area contributed by atoms with Crippen LogP contribution in [-0.2, 0) is 0 Å². The molecule has 88 valence electrons. The highest BCUT2D eigenvalue weighted by Gasteiger charge is 2.20. The third-order valence-electron chi connectivity index (χ3n) is 3.02. The van der Waals surface area contributed by atoms with Crippen molar-refractivity contribution in [3.05, 3.63) is 29.6 Å². The van der Waals surface area contributed by atoms with Crippen molar-refractivity contribution < 1.29 is 9.13 Å². The molecule has 16 heavy (non-hydrogen) atoms. The number of halogens is 1. The van der Waals surface area contributed by atoms with Crippen LogP contribution >= 0.6 is 0 Å². The van der Waals surface area contributed by atoms with Crippen molar-refractivity contribution in [1.29, 1.82) is 0 Å². The van der Waals surface area contributed by atoms with Crippen LogP contribution in [0.3, 0.4) is 0 Å². The fraction of sp³-hybridized carbons (Fsp3) is 0.500.